The van der Waals surface area contributed by atoms with E-state index in [4.69, 9.17) is 11.6 Å². The molecule has 102 valence electrons. The molecule has 0 atom stereocenters. The summed E-state index contributed by atoms with van der Waals surface area (Å²) in [5.41, 5.74) is 0.102. The van der Waals surface area contributed by atoms with E-state index in [1.54, 1.807) is 0 Å². The van der Waals surface area contributed by atoms with Crippen LogP contribution in [0.5, 0.6) is 0 Å². The van der Waals surface area contributed by atoms with Gasteiger partial charge in [-0.25, -0.2) is 8.78 Å². The molecule has 0 N–H and O–H groups in total. The molecule has 0 spiro atoms. The molecule has 0 heterocycles. The Morgan fingerprint density at radius 1 is 1.28 bits per heavy atom. The lowest BCUT2D eigenvalue weighted by Gasteiger charge is -2.21. The quantitative estimate of drug-likeness (QED) is 0.519. The molecule has 0 aliphatic rings. The summed E-state index contributed by atoms with van der Waals surface area (Å²) in [5, 5.41) is 0. The van der Waals surface area contributed by atoms with Gasteiger partial charge in [0.25, 0.3) is 0 Å². The predicted molar refractivity (Wildman–Crippen MR) is 75.0 cm³/mol. The van der Waals surface area contributed by atoms with Crippen molar-refractivity contribution in [2.75, 3.05) is 19.0 Å². The molecule has 0 aliphatic heterocycles. The fraction of sp³-hybridized carbons (Fsp3) is 0.538. The highest BCUT2D eigenvalue weighted by Crippen LogP contribution is 2.23. The number of rotatable bonds is 7. The van der Waals surface area contributed by atoms with Crippen molar-refractivity contribution in [1.82, 2.24) is 4.90 Å². The molecule has 18 heavy (non-hydrogen) atoms. The number of alkyl halides is 1. The van der Waals surface area contributed by atoms with Gasteiger partial charge < -0.3 is 0 Å². The lowest BCUT2D eigenvalue weighted by Crippen LogP contribution is -2.27. The van der Waals surface area contributed by atoms with Gasteiger partial charge >= 0.3 is 0 Å². The average molecular weight is 341 g/mol. The van der Waals surface area contributed by atoms with E-state index in [2.05, 4.69) is 22.9 Å². The molecule has 0 saturated heterocycles. The van der Waals surface area contributed by atoms with Crippen LogP contribution in [0.25, 0.3) is 0 Å². The Balaban J connectivity index is 2.82. The van der Waals surface area contributed by atoms with Gasteiger partial charge in [-0.3, -0.25) is 4.90 Å². The van der Waals surface area contributed by atoms with Crippen LogP contribution >= 0.6 is 27.5 Å². The molecule has 0 aromatic heterocycles. The number of halogens is 4. The van der Waals surface area contributed by atoms with Gasteiger partial charge in [0.05, 0.1) is 4.47 Å². The van der Waals surface area contributed by atoms with Gasteiger partial charge in [0.2, 0.25) is 0 Å². The van der Waals surface area contributed by atoms with Crippen LogP contribution in [0.1, 0.15) is 25.3 Å². The van der Waals surface area contributed by atoms with E-state index in [-0.39, 0.29) is 12.1 Å². The second-order valence-corrected chi connectivity index (χ2v) is 5.37. The monoisotopic (exact) mass is 339 g/mol. The van der Waals surface area contributed by atoms with Crippen molar-refractivity contribution in [2.24, 2.45) is 0 Å². The van der Waals surface area contributed by atoms with E-state index >= 15 is 0 Å². The van der Waals surface area contributed by atoms with Gasteiger partial charge in [-0.15, -0.1) is 11.6 Å². The van der Waals surface area contributed by atoms with Crippen molar-refractivity contribution in [3.63, 3.8) is 0 Å². The van der Waals surface area contributed by atoms with E-state index < -0.39 is 11.6 Å². The smallest absolute Gasteiger partial charge is 0.144 e. The van der Waals surface area contributed by atoms with E-state index in [1.165, 1.54) is 12.1 Å². The van der Waals surface area contributed by atoms with Crippen LogP contribution in [0, 0.1) is 11.6 Å². The SMILES string of the molecule is CCCCN(CCCl)Cc1c(F)ccc(Br)c1F. The Labute approximate surface area is 120 Å². The Morgan fingerprint density at radius 3 is 2.61 bits per heavy atom. The Bertz CT molecular complexity index is 387. The van der Waals surface area contributed by atoms with Gasteiger partial charge in [-0.1, -0.05) is 13.3 Å². The lowest BCUT2D eigenvalue weighted by atomic mass is 10.1. The van der Waals surface area contributed by atoms with Crippen molar-refractivity contribution in [2.45, 2.75) is 26.3 Å². The predicted octanol–water partition coefficient (Wildman–Crippen LogP) is 4.57. The molecular formula is C13H17BrClF2N. The van der Waals surface area contributed by atoms with E-state index in [9.17, 15) is 8.78 Å². The van der Waals surface area contributed by atoms with Gasteiger partial charge in [0.15, 0.2) is 0 Å². The van der Waals surface area contributed by atoms with Crippen molar-refractivity contribution in [1.29, 1.82) is 0 Å². The second kappa shape index (κ2) is 8.08. The fourth-order valence-corrected chi connectivity index (χ4v) is 2.32. The third-order valence-electron chi connectivity index (χ3n) is 2.75. The molecule has 0 radical (unpaired) electrons. The second-order valence-electron chi connectivity index (χ2n) is 4.14. The zero-order valence-corrected chi connectivity index (χ0v) is 12.7. The van der Waals surface area contributed by atoms with E-state index in [1.807, 2.05) is 4.90 Å². The van der Waals surface area contributed by atoms with Crippen LogP contribution in [-0.2, 0) is 6.54 Å². The molecule has 0 amide bonds. The highest BCUT2D eigenvalue weighted by atomic mass is 79.9. The van der Waals surface area contributed by atoms with Crippen molar-refractivity contribution in [3.8, 4) is 0 Å². The van der Waals surface area contributed by atoms with Gasteiger partial charge in [0, 0.05) is 24.5 Å². The standard InChI is InChI=1S/C13H17BrClF2N/c1-2-3-7-18(8-6-15)9-10-12(16)5-4-11(14)13(10)17/h4-5H,2-3,6-9H2,1H3. The van der Waals surface area contributed by atoms with Crippen molar-refractivity contribution >= 4 is 27.5 Å². The molecule has 0 unspecified atom stereocenters. The maximum Gasteiger partial charge on any atom is 0.144 e. The number of hydrogen-bond donors (Lipinski definition) is 0. The highest BCUT2D eigenvalue weighted by Gasteiger charge is 2.15. The topological polar surface area (TPSA) is 3.24 Å². The molecule has 0 aliphatic carbocycles. The fourth-order valence-electron chi connectivity index (χ4n) is 1.71. The zero-order valence-electron chi connectivity index (χ0n) is 10.4. The first kappa shape index (κ1) is 15.9. The van der Waals surface area contributed by atoms with Crippen LogP contribution in [-0.4, -0.2) is 23.9 Å². The van der Waals surface area contributed by atoms with E-state index in [0.717, 1.165) is 19.4 Å². The zero-order chi connectivity index (χ0) is 13.5. The molecule has 1 aromatic carbocycles. The lowest BCUT2D eigenvalue weighted by molar-refractivity contribution is 0.268. The first-order chi connectivity index (χ1) is 8.60. The maximum atomic E-state index is 13.8. The molecular weight excluding hydrogens is 324 g/mol. The summed E-state index contributed by atoms with van der Waals surface area (Å²) in [6, 6.07) is 2.66. The number of benzene rings is 1. The first-order valence-electron chi connectivity index (χ1n) is 6.00. The Hall–Kier alpha value is -0.190. The molecule has 1 nitrogen and oxygen atoms in total. The molecule has 1 rings (SSSR count). The Morgan fingerprint density at radius 2 is 2.00 bits per heavy atom. The average Bonchev–Trinajstić information content (AvgIpc) is 2.36. The minimum absolute atomic E-state index is 0.102. The minimum atomic E-state index is -0.522. The van der Waals surface area contributed by atoms with E-state index in [0.29, 0.717) is 16.9 Å². The van der Waals surface area contributed by atoms with Crippen LogP contribution in [0.2, 0.25) is 0 Å². The Kier molecular flexibility index (Phi) is 7.12. The van der Waals surface area contributed by atoms with Crippen molar-refractivity contribution < 1.29 is 8.78 Å². The summed E-state index contributed by atoms with van der Waals surface area (Å²) in [4.78, 5) is 1.98. The van der Waals surface area contributed by atoms with Crippen LogP contribution < -0.4 is 0 Å². The van der Waals surface area contributed by atoms with Crippen LogP contribution in [0.3, 0.4) is 0 Å². The van der Waals surface area contributed by atoms with Gasteiger partial charge in [0.1, 0.15) is 11.6 Å². The van der Waals surface area contributed by atoms with Gasteiger partial charge in [-0.2, -0.15) is 0 Å². The normalized spacial score (nSPS) is 11.2. The summed E-state index contributed by atoms with van der Waals surface area (Å²) in [5.74, 6) is -0.570. The summed E-state index contributed by atoms with van der Waals surface area (Å²) in [6.45, 7) is 3.77. The molecule has 1 aromatic rings. The third-order valence-corrected chi connectivity index (χ3v) is 3.53. The summed E-state index contributed by atoms with van der Waals surface area (Å²) < 4.78 is 27.8. The minimum Gasteiger partial charge on any atom is -0.298 e. The van der Waals surface area contributed by atoms with Crippen LogP contribution in [0.15, 0.2) is 16.6 Å². The number of unbranched alkanes of at least 4 members (excludes halogenated alkanes) is 1. The first-order valence-corrected chi connectivity index (χ1v) is 7.33. The molecule has 0 fully saturated rings. The van der Waals surface area contributed by atoms with Crippen LogP contribution in [0.4, 0.5) is 8.78 Å². The molecule has 0 saturated carbocycles. The largest absolute Gasteiger partial charge is 0.298 e. The number of nitrogens with zero attached hydrogens (tertiary/aromatic N) is 1. The molecule has 0 bridgehead atoms. The molecule has 5 heteroatoms. The van der Waals surface area contributed by atoms with Crippen molar-refractivity contribution in [3.05, 3.63) is 33.8 Å². The third kappa shape index (κ3) is 4.48. The number of hydrogen-bond acceptors (Lipinski definition) is 1. The van der Waals surface area contributed by atoms with Gasteiger partial charge in [-0.05, 0) is 41.0 Å². The summed E-state index contributed by atoms with van der Waals surface area (Å²) in [7, 11) is 0. The summed E-state index contributed by atoms with van der Waals surface area (Å²) in [6.07, 6.45) is 2.04. The summed E-state index contributed by atoms with van der Waals surface area (Å²) >= 11 is 8.79. The maximum absolute atomic E-state index is 13.8. The highest BCUT2D eigenvalue weighted by molar-refractivity contribution is 9.10.